The molecule has 18 heavy (non-hydrogen) atoms. The van der Waals surface area contributed by atoms with Crippen LogP contribution >= 0.6 is 0 Å². The van der Waals surface area contributed by atoms with Crippen LogP contribution in [0, 0.1) is 18.3 Å². The van der Waals surface area contributed by atoms with E-state index in [4.69, 9.17) is 6.42 Å². The molecule has 0 aromatic heterocycles. The molecule has 2 nitrogen and oxygen atoms in total. The highest BCUT2D eigenvalue weighted by Gasteiger charge is 2.34. The second-order valence-electron chi connectivity index (χ2n) is 6.52. The zero-order valence-electron chi connectivity index (χ0n) is 12.0. The van der Waals surface area contributed by atoms with Crippen LogP contribution in [0.1, 0.15) is 58.8 Å². The topological polar surface area (TPSA) is 24.1 Å². The average molecular weight is 248 g/mol. The standard InChI is InChI=1S/C16H28N2/c1-4-16(2,3)18-15-11-6-5-9-13(15)14-10-7-8-12-17-14/h1,13-15,17-18H,5-12H2,2-3H3. The van der Waals surface area contributed by atoms with E-state index >= 15 is 0 Å². The van der Waals surface area contributed by atoms with Crippen molar-refractivity contribution in [3.05, 3.63) is 0 Å². The van der Waals surface area contributed by atoms with Crippen molar-refractivity contribution in [2.75, 3.05) is 6.54 Å². The van der Waals surface area contributed by atoms with Gasteiger partial charge in [0.15, 0.2) is 0 Å². The largest absolute Gasteiger partial charge is 0.314 e. The first-order valence-electron chi connectivity index (χ1n) is 7.61. The smallest absolute Gasteiger partial charge is 0.0743 e. The first kappa shape index (κ1) is 13.9. The average Bonchev–Trinajstić information content (AvgIpc) is 2.40. The molecule has 2 N–H and O–H groups in total. The molecule has 0 radical (unpaired) electrons. The number of hydrogen-bond acceptors (Lipinski definition) is 2. The van der Waals surface area contributed by atoms with Gasteiger partial charge in [-0.25, -0.2) is 0 Å². The maximum atomic E-state index is 5.62. The summed E-state index contributed by atoms with van der Waals surface area (Å²) in [5.74, 6) is 3.65. The summed E-state index contributed by atoms with van der Waals surface area (Å²) in [4.78, 5) is 0. The monoisotopic (exact) mass is 248 g/mol. The van der Waals surface area contributed by atoms with Gasteiger partial charge in [0.1, 0.15) is 0 Å². The molecule has 1 saturated carbocycles. The summed E-state index contributed by atoms with van der Waals surface area (Å²) in [6.07, 6.45) is 15.1. The van der Waals surface area contributed by atoms with Gasteiger partial charge in [-0.1, -0.05) is 25.2 Å². The van der Waals surface area contributed by atoms with Gasteiger partial charge >= 0.3 is 0 Å². The van der Waals surface area contributed by atoms with Crippen LogP contribution in [-0.4, -0.2) is 24.2 Å². The van der Waals surface area contributed by atoms with Crippen molar-refractivity contribution in [2.45, 2.75) is 76.4 Å². The molecule has 0 bridgehead atoms. The second kappa shape index (κ2) is 6.08. The van der Waals surface area contributed by atoms with Crippen LogP contribution in [0.5, 0.6) is 0 Å². The molecule has 1 aliphatic carbocycles. The van der Waals surface area contributed by atoms with Gasteiger partial charge in [-0.05, 0) is 52.0 Å². The summed E-state index contributed by atoms with van der Waals surface area (Å²) in [6.45, 7) is 5.44. The Morgan fingerprint density at radius 1 is 1.11 bits per heavy atom. The molecule has 0 amide bonds. The van der Waals surface area contributed by atoms with Crippen molar-refractivity contribution in [3.63, 3.8) is 0 Å². The van der Waals surface area contributed by atoms with Crippen molar-refractivity contribution >= 4 is 0 Å². The van der Waals surface area contributed by atoms with Gasteiger partial charge in [0, 0.05) is 12.1 Å². The van der Waals surface area contributed by atoms with Gasteiger partial charge in [0.2, 0.25) is 0 Å². The van der Waals surface area contributed by atoms with Crippen LogP contribution < -0.4 is 10.6 Å². The Labute approximate surface area is 112 Å². The summed E-state index contributed by atoms with van der Waals surface area (Å²) in [7, 11) is 0. The Balaban J connectivity index is 1.99. The van der Waals surface area contributed by atoms with E-state index in [1.165, 1.54) is 51.5 Å². The van der Waals surface area contributed by atoms with E-state index in [0.29, 0.717) is 12.1 Å². The molecule has 1 heterocycles. The fourth-order valence-corrected chi connectivity index (χ4v) is 3.57. The Morgan fingerprint density at radius 2 is 1.83 bits per heavy atom. The molecule has 3 unspecified atom stereocenters. The van der Waals surface area contributed by atoms with Gasteiger partial charge in [-0.3, -0.25) is 5.32 Å². The minimum atomic E-state index is -0.172. The third-order valence-electron chi connectivity index (χ3n) is 4.59. The Kier molecular flexibility index (Phi) is 4.70. The summed E-state index contributed by atoms with van der Waals surface area (Å²) >= 11 is 0. The molecular formula is C16H28N2. The molecule has 3 atom stereocenters. The first-order valence-corrected chi connectivity index (χ1v) is 7.61. The number of terminal acetylenes is 1. The number of rotatable bonds is 3. The SMILES string of the molecule is C#CC(C)(C)NC1CCCCC1C1CCCCN1. The maximum Gasteiger partial charge on any atom is 0.0743 e. The van der Waals surface area contributed by atoms with Crippen molar-refractivity contribution < 1.29 is 0 Å². The predicted molar refractivity (Wildman–Crippen MR) is 77.4 cm³/mol. The molecule has 1 aliphatic heterocycles. The van der Waals surface area contributed by atoms with E-state index in [-0.39, 0.29) is 5.54 Å². The maximum absolute atomic E-state index is 5.62. The molecule has 2 fully saturated rings. The van der Waals surface area contributed by atoms with Crippen LogP contribution in [0.3, 0.4) is 0 Å². The molecular weight excluding hydrogens is 220 g/mol. The zero-order valence-corrected chi connectivity index (χ0v) is 12.0. The summed E-state index contributed by atoms with van der Waals surface area (Å²) in [5.41, 5.74) is -0.172. The quantitative estimate of drug-likeness (QED) is 0.750. The van der Waals surface area contributed by atoms with E-state index in [1.807, 2.05) is 0 Å². The van der Waals surface area contributed by atoms with E-state index in [0.717, 1.165) is 5.92 Å². The fourth-order valence-electron chi connectivity index (χ4n) is 3.57. The highest BCUT2D eigenvalue weighted by atomic mass is 15.0. The van der Waals surface area contributed by atoms with Gasteiger partial charge in [0.05, 0.1) is 5.54 Å². The molecule has 102 valence electrons. The van der Waals surface area contributed by atoms with Crippen LogP contribution in [0.15, 0.2) is 0 Å². The normalized spacial score (nSPS) is 33.9. The van der Waals surface area contributed by atoms with Gasteiger partial charge in [-0.2, -0.15) is 0 Å². The lowest BCUT2D eigenvalue weighted by atomic mass is 9.76. The zero-order chi connectivity index (χ0) is 13.0. The Bertz CT molecular complexity index is 297. The van der Waals surface area contributed by atoms with Crippen LogP contribution in [0.4, 0.5) is 0 Å². The van der Waals surface area contributed by atoms with E-state index in [2.05, 4.69) is 30.4 Å². The van der Waals surface area contributed by atoms with E-state index in [9.17, 15) is 0 Å². The summed E-state index contributed by atoms with van der Waals surface area (Å²) in [5, 5.41) is 7.45. The predicted octanol–water partition coefficient (Wildman–Crippen LogP) is 2.69. The van der Waals surface area contributed by atoms with Crippen molar-refractivity contribution in [2.24, 2.45) is 5.92 Å². The lowest BCUT2D eigenvalue weighted by molar-refractivity contribution is 0.166. The summed E-state index contributed by atoms with van der Waals surface area (Å²) in [6, 6.07) is 1.31. The lowest BCUT2D eigenvalue weighted by Crippen LogP contribution is -2.55. The molecule has 2 heteroatoms. The van der Waals surface area contributed by atoms with Crippen LogP contribution in [0.2, 0.25) is 0 Å². The Hall–Kier alpha value is -0.520. The fraction of sp³-hybridized carbons (Fsp3) is 0.875. The minimum absolute atomic E-state index is 0.172. The highest BCUT2D eigenvalue weighted by molar-refractivity contribution is 5.09. The van der Waals surface area contributed by atoms with Crippen LogP contribution in [-0.2, 0) is 0 Å². The van der Waals surface area contributed by atoms with Crippen molar-refractivity contribution in [1.29, 1.82) is 0 Å². The molecule has 2 aliphatic rings. The Morgan fingerprint density at radius 3 is 2.50 bits per heavy atom. The number of hydrogen-bond donors (Lipinski definition) is 2. The van der Waals surface area contributed by atoms with Crippen molar-refractivity contribution in [1.82, 2.24) is 10.6 Å². The second-order valence-corrected chi connectivity index (χ2v) is 6.52. The van der Waals surface area contributed by atoms with Gasteiger partial charge in [0.25, 0.3) is 0 Å². The molecule has 2 rings (SSSR count). The highest BCUT2D eigenvalue weighted by Crippen LogP contribution is 2.31. The van der Waals surface area contributed by atoms with Gasteiger partial charge < -0.3 is 5.32 Å². The van der Waals surface area contributed by atoms with Gasteiger partial charge in [-0.15, -0.1) is 6.42 Å². The lowest BCUT2D eigenvalue weighted by Gasteiger charge is -2.42. The molecule has 0 aromatic rings. The van der Waals surface area contributed by atoms with Crippen LogP contribution in [0.25, 0.3) is 0 Å². The summed E-state index contributed by atoms with van der Waals surface area (Å²) < 4.78 is 0. The first-order chi connectivity index (χ1) is 8.62. The number of nitrogens with one attached hydrogen (secondary N) is 2. The molecule has 1 saturated heterocycles. The third kappa shape index (κ3) is 3.49. The minimum Gasteiger partial charge on any atom is -0.314 e. The molecule has 0 aromatic carbocycles. The van der Waals surface area contributed by atoms with E-state index < -0.39 is 0 Å². The molecule has 0 spiro atoms. The third-order valence-corrected chi connectivity index (χ3v) is 4.59. The van der Waals surface area contributed by atoms with E-state index in [1.54, 1.807) is 0 Å². The van der Waals surface area contributed by atoms with Crippen molar-refractivity contribution in [3.8, 4) is 12.3 Å². The number of piperidine rings is 1.